The molecule has 2 amide bonds. The van der Waals surface area contributed by atoms with E-state index >= 15 is 0 Å². The average Bonchev–Trinajstić information content (AvgIpc) is 2.27. The number of nitrogens with zero attached hydrogens (tertiary/aromatic N) is 2. The van der Waals surface area contributed by atoms with Gasteiger partial charge in [-0.15, -0.1) is 12.3 Å². The highest BCUT2D eigenvalue weighted by atomic mass is 16.2. The first-order chi connectivity index (χ1) is 7.93. The highest BCUT2D eigenvalue weighted by molar-refractivity contribution is 5.87. The van der Waals surface area contributed by atoms with Crippen molar-refractivity contribution in [2.45, 2.75) is 25.8 Å². The molecule has 1 atom stereocenters. The smallest absolute Gasteiger partial charge is 0.241 e. The zero-order chi connectivity index (χ0) is 13.4. The van der Waals surface area contributed by atoms with Gasteiger partial charge in [0.15, 0.2) is 0 Å². The number of carbonyl (C=O) groups is 2. The van der Waals surface area contributed by atoms with Gasteiger partial charge in [-0.3, -0.25) is 9.59 Å². The van der Waals surface area contributed by atoms with Gasteiger partial charge in [0, 0.05) is 27.1 Å². The molecule has 0 aromatic rings. The average molecular weight is 239 g/mol. The molecule has 0 bridgehead atoms. The molecular formula is C12H21N3O2. The van der Waals surface area contributed by atoms with E-state index < -0.39 is 6.04 Å². The minimum absolute atomic E-state index is 0.0535. The van der Waals surface area contributed by atoms with Gasteiger partial charge in [0.2, 0.25) is 11.8 Å². The van der Waals surface area contributed by atoms with Gasteiger partial charge in [0.1, 0.15) is 0 Å². The summed E-state index contributed by atoms with van der Waals surface area (Å²) in [6, 6.07) is -0.721. The van der Waals surface area contributed by atoms with Crippen LogP contribution in [0.3, 0.4) is 0 Å². The molecule has 96 valence electrons. The summed E-state index contributed by atoms with van der Waals surface area (Å²) in [5.74, 6) is 1.96. The first kappa shape index (κ1) is 15.5. The second-order valence-electron chi connectivity index (χ2n) is 4.06. The van der Waals surface area contributed by atoms with Crippen molar-refractivity contribution in [3.8, 4) is 12.3 Å². The molecule has 1 unspecified atom stereocenters. The van der Waals surface area contributed by atoms with E-state index in [1.807, 2.05) is 6.92 Å². The summed E-state index contributed by atoms with van der Waals surface area (Å²) in [4.78, 5) is 26.4. The van der Waals surface area contributed by atoms with Gasteiger partial charge < -0.3 is 15.5 Å². The van der Waals surface area contributed by atoms with Crippen LogP contribution in [0.2, 0.25) is 0 Å². The molecule has 0 aromatic heterocycles. The Morgan fingerprint density at radius 1 is 1.41 bits per heavy atom. The van der Waals surface area contributed by atoms with Gasteiger partial charge in [-0.25, -0.2) is 0 Å². The molecule has 2 N–H and O–H groups in total. The zero-order valence-corrected chi connectivity index (χ0v) is 10.8. The van der Waals surface area contributed by atoms with E-state index in [0.29, 0.717) is 6.54 Å². The van der Waals surface area contributed by atoms with E-state index in [0.717, 1.165) is 6.42 Å². The summed E-state index contributed by atoms with van der Waals surface area (Å²) in [7, 11) is 3.30. The second kappa shape index (κ2) is 7.69. The topological polar surface area (TPSA) is 66.6 Å². The molecule has 5 heteroatoms. The molecule has 0 saturated heterocycles. The zero-order valence-electron chi connectivity index (χ0n) is 10.8. The fraction of sp³-hybridized carbons (Fsp3) is 0.667. The van der Waals surface area contributed by atoms with E-state index in [1.165, 1.54) is 9.80 Å². The second-order valence-corrected chi connectivity index (χ2v) is 4.06. The highest BCUT2D eigenvalue weighted by Crippen LogP contribution is 2.00. The van der Waals surface area contributed by atoms with Crippen LogP contribution in [0, 0.1) is 12.3 Å². The Kier molecular flexibility index (Phi) is 6.99. The number of hydrogen-bond donors (Lipinski definition) is 1. The van der Waals surface area contributed by atoms with Gasteiger partial charge in [-0.2, -0.15) is 0 Å². The number of terminal acetylenes is 1. The normalized spacial score (nSPS) is 11.5. The number of amides is 2. The van der Waals surface area contributed by atoms with Crippen molar-refractivity contribution in [1.82, 2.24) is 9.80 Å². The lowest BCUT2D eigenvalue weighted by Crippen LogP contribution is -2.47. The van der Waals surface area contributed by atoms with Crippen molar-refractivity contribution in [1.29, 1.82) is 0 Å². The number of hydrogen-bond acceptors (Lipinski definition) is 3. The molecule has 0 radical (unpaired) electrons. The summed E-state index contributed by atoms with van der Waals surface area (Å²) in [5, 5.41) is 0. The lowest BCUT2D eigenvalue weighted by molar-refractivity contribution is -0.140. The predicted molar refractivity (Wildman–Crippen MR) is 67.0 cm³/mol. The van der Waals surface area contributed by atoms with Crippen LogP contribution in [-0.2, 0) is 9.59 Å². The molecule has 5 nitrogen and oxygen atoms in total. The number of nitrogens with two attached hydrogens (primary N) is 1. The van der Waals surface area contributed by atoms with Crippen LogP contribution in [0.1, 0.15) is 19.8 Å². The summed E-state index contributed by atoms with van der Waals surface area (Å²) in [6.07, 6.45) is 6.08. The summed E-state index contributed by atoms with van der Waals surface area (Å²) >= 11 is 0. The number of likely N-dealkylation sites (N-methyl/N-ethyl adjacent to an activating group) is 1. The van der Waals surface area contributed by atoms with Crippen LogP contribution < -0.4 is 5.73 Å². The van der Waals surface area contributed by atoms with E-state index in [4.69, 9.17) is 12.2 Å². The Hall–Kier alpha value is -1.54. The van der Waals surface area contributed by atoms with Gasteiger partial charge in [0.25, 0.3) is 0 Å². The van der Waals surface area contributed by atoms with E-state index in [9.17, 15) is 9.59 Å². The fourth-order valence-corrected chi connectivity index (χ4v) is 1.29. The van der Waals surface area contributed by atoms with Crippen LogP contribution in [-0.4, -0.2) is 54.8 Å². The molecule has 0 aliphatic carbocycles. The molecule has 0 heterocycles. The molecular weight excluding hydrogens is 218 g/mol. The maximum Gasteiger partial charge on any atom is 0.241 e. The maximum absolute atomic E-state index is 11.9. The highest BCUT2D eigenvalue weighted by Gasteiger charge is 2.22. The van der Waals surface area contributed by atoms with Crippen LogP contribution in [0.5, 0.6) is 0 Å². The van der Waals surface area contributed by atoms with E-state index in [-0.39, 0.29) is 24.8 Å². The van der Waals surface area contributed by atoms with E-state index in [1.54, 1.807) is 14.1 Å². The minimum Gasteiger partial charge on any atom is -0.347 e. The summed E-state index contributed by atoms with van der Waals surface area (Å²) in [5.41, 5.74) is 5.65. The van der Waals surface area contributed by atoms with Crippen molar-refractivity contribution in [3.63, 3.8) is 0 Å². The Morgan fingerprint density at radius 2 is 2.00 bits per heavy atom. The Labute approximate surface area is 103 Å². The standard InChI is InChI=1S/C12H21N3O2/c1-5-7-10(13)12(17)15(8-6-2)9-11(16)14(3)4/h1,10H,6-9,13H2,2-4H3. The molecule has 0 saturated carbocycles. The third kappa shape index (κ3) is 5.36. The Bertz CT molecular complexity index is 307. The van der Waals surface area contributed by atoms with Gasteiger partial charge in [-0.1, -0.05) is 6.92 Å². The SMILES string of the molecule is C#CCC(N)C(=O)N(CCC)CC(=O)N(C)C. The Morgan fingerprint density at radius 3 is 2.41 bits per heavy atom. The van der Waals surface area contributed by atoms with Crippen LogP contribution >= 0.6 is 0 Å². The molecule has 0 aromatic carbocycles. The molecule has 17 heavy (non-hydrogen) atoms. The van der Waals surface area contributed by atoms with Crippen molar-refractivity contribution < 1.29 is 9.59 Å². The summed E-state index contributed by atoms with van der Waals surface area (Å²) in [6.45, 7) is 2.50. The molecule has 0 spiro atoms. The molecule has 0 aliphatic rings. The van der Waals surface area contributed by atoms with Crippen molar-refractivity contribution in [2.75, 3.05) is 27.2 Å². The minimum atomic E-state index is -0.721. The molecule has 0 aliphatic heterocycles. The van der Waals surface area contributed by atoms with Crippen LogP contribution in [0.25, 0.3) is 0 Å². The van der Waals surface area contributed by atoms with Crippen LogP contribution in [0.4, 0.5) is 0 Å². The van der Waals surface area contributed by atoms with E-state index in [2.05, 4.69) is 5.92 Å². The summed E-state index contributed by atoms with van der Waals surface area (Å²) < 4.78 is 0. The van der Waals surface area contributed by atoms with Gasteiger partial charge in [-0.05, 0) is 6.42 Å². The predicted octanol–water partition coefficient (Wildman–Crippen LogP) is -0.336. The van der Waals surface area contributed by atoms with Gasteiger partial charge >= 0.3 is 0 Å². The quantitative estimate of drug-likeness (QED) is 0.645. The number of carbonyl (C=O) groups excluding carboxylic acids is 2. The largest absolute Gasteiger partial charge is 0.347 e. The fourth-order valence-electron chi connectivity index (χ4n) is 1.29. The molecule has 0 rings (SSSR count). The lowest BCUT2D eigenvalue weighted by atomic mass is 10.2. The molecule has 0 fully saturated rings. The third-order valence-corrected chi connectivity index (χ3v) is 2.29. The first-order valence-corrected chi connectivity index (χ1v) is 5.62. The maximum atomic E-state index is 11.9. The van der Waals surface area contributed by atoms with Gasteiger partial charge in [0.05, 0.1) is 12.6 Å². The number of rotatable bonds is 6. The Balaban J connectivity index is 4.57. The third-order valence-electron chi connectivity index (χ3n) is 2.29. The van der Waals surface area contributed by atoms with Crippen LogP contribution in [0.15, 0.2) is 0 Å². The van der Waals surface area contributed by atoms with Crippen molar-refractivity contribution in [3.05, 3.63) is 0 Å². The monoisotopic (exact) mass is 239 g/mol. The van der Waals surface area contributed by atoms with Crippen molar-refractivity contribution >= 4 is 11.8 Å². The lowest BCUT2D eigenvalue weighted by Gasteiger charge is -2.25. The first-order valence-electron chi connectivity index (χ1n) is 5.62. The van der Waals surface area contributed by atoms with Crippen molar-refractivity contribution in [2.24, 2.45) is 5.73 Å².